The Kier molecular flexibility index (Phi) is 4.44. The highest BCUT2D eigenvalue weighted by atomic mass is 35.5. The van der Waals surface area contributed by atoms with Gasteiger partial charge in [0, 0.05) is 5.57 Å². The van der Waals surface area contributed by atoms with Crippen molar-refractivity contribution >= 4 is 29.2 Å². The minimum Gasteiger partial charge on any atom is -0.451 e. The van der Waals surface area contributed by atoms with Gasteiger partial charge in [-0.05, 0) is 44.7 Å². The molecule has 1 aliphatic carbocycles. The molecule has 1 N–H and O–H groups in total. The van der Waals surface area contributed by atoms with Gasteiger partial charge in [0.1, 0.15) is 5.60 Å². The molecule has 1 aromatic rings. The molecule has 1 heterocycles. The number of halogens is 1. The standard InChI is InChI=1S/C18H20ClNO3/c1-12-15(16(21)20-14-9-5-4-8-13(14)19)18(23-17(12)22)10-6-2-3-7-11-18/h4-5,8-9H,2-3,6-7,10-11H2,1H3,(H,20,21). The lowest BCUT2D eigenvalue weighted by Gasteiger charge is -2.29. The van der Waals surface area contributed by atoms with Gasteiger partial charge in [-0.25, -0.2) is 4.79 Å². The predicted molar refractivity (Wildman–Crippen MR) is 89.3 cm³/mol. The minimum atomic E-state index is -0.761. The molecule has 1 spiro atoms. The zero-order valence-electron chi connectivity index (χ0n) is 13.2. The summed E-state index contributed by atoms with van der Waals surface area (Å²) < 4.78 is 5.68. The normalized spacial score (nSPS) is 20.3. The summed E-state index contributed by atoms with van der Waals surface area (Å²) in [6.45, 7) is 1.67. The van der Waals surface area contributed by atoms with Crippen molar-refractivity contribution < 1.29 is 14.3 Å². The van der Waals surface area contributed by atoms with Crippen molar-refractivity contribution in [3.8, 4) is 0 Å². The van der Waals surface area contributed by atoms with Crippen molar-refractivity contribution in [1.29, 1.82) is 0 Å². The summed E-state index contributed by atoms with van der Waals surface area (Å²) in [5.41, 5.74) is 0.673. The Morgan fingerprint density at radius 1 is 1.17 bits per heavy atom. The highest BCUT2D eigenvalue weighted by molar-refractivity contribution is 6.34. The lowest BCUT2D eigenvalue weighted by atomic mass is 9.84. The van der Waals surface area contributed by atoms with E-state index in [1.54, 1.807) is 31.2 Å². The fraction of sp³-hybridized carbons (Fsp3) is 0.444. The van der Waals surface area contributed by atoms with Crippen LogP contribution in [0.3, 0.4) is 0 Å². The number of anilines is 1. The molecular formula is C18H20ClNO3. The Bertz CT molecular complexity index is 673. The van der Waals surface area contributed by atoms with E-state index in [1.807, 2.05) is 0 Å². The van der Waals surface area contributed by atoms with E-state index in [0.29, 0.717) is 34.7 Å². The average Bonchev–Trinajstić information content (AvgIpc) is 2.67. The second-order valence-corrected chi connectivity index (χ2v) is 6.64. The molecule has 1 aromatic carbocycles. The largest absolute Gasteiger partial charge is 0.451 e. The van der Waals surface area contributed by atoms with Gasteiger partial charge in [-0.15, -0.1) is 0 Å². The SMILES string of the molecule is CC1=C(C(=O)Nc2ccccc2Cl)C2(CCCCCC2)OC1=O. The number of carbonyl (C=O) groups excluding carboxylic acids is 2. The van der Waals surface area contributed by atoms with Crippen molar-refractivity contribution in [1.82, 2.24) is 0 Å². The van der Waals surface area contributed by atoms with Gasteiger partial charge < -0.3 is 10.1 Å². The summed E-state index contributed by atoms with van der Waals surface area (Å²) in [5, 5.41) is 3.31. The molecule has 1 amide bonds. The van der Waals surface area contributed by atoms with Crippen LogP contribution in [-0.4, -0.2) is 17.5 Å². The minimum absolute atomic E-state index is 0.289. The molecule has 0 radical (unpaired) electrons. The number of carbonyl (C=O) groups is 2. The number of nitrogens with one attached hydrogen (secondary N) is 1. The zero-order chi connectivity index (χ0) is 16.4. The summed E-state index contributed by atoms with van der Waals surface area (Å²) in [6.07, 6.45) is 5.56. The van der Waals surface area contributed by atoms with E-state index in [0.717, 1.165) is 25.7 Å². The second-order valence-electron chi connectivity index (χ2n) is 6.23. The van der Waals surface area contributed by atoms with Gasteiger partial charge in [0.25, 0.3) is 5.91 Å². The smallest absolute Gasteiger partial charge is 0.335 e. The van der Waals surface area contributed by atoms with Crippen LogP contribution in [-0.2, 0) is 14.3 Å². The number of ether oxygens (including phenoxy) is 1. The van der Waals surface area contributed by atoms with E-state index in [2.05, 4.69) is 5.32 Å². The van der Waals surface area contributed by atoms with Crippen LogP contribution in [0.5, 0.6) is 0 Å². The molecule has 122 valence electrons. The highest BCUT2D eigenvalue weighted by Gasteiger charge is 2.49. The fourth-order valence-corrected chi connectivity index (χ4v) is 3.71. The van der Waals surface area contributed by atoms with Crippen LogP contribution in [0, 0.1) is 0 Å². The van der Waals surface area contributed by atoms with E-state index in [9.17, 15) is 9.59 Å². The van der Waals surface area contributed by atoms with Gasteiger partial charge in [-0.3, -0.25) is 4.79 Å². The molecular weight excluding hydrogens is 314 g/mol. The second kappa shape index (κ2) is 6.36. The Morgan fingerprint density at radius 3 is 2.48 bits per heavy atom. The Labute approximate surface area is 140 Å². The maximum Gasteiger partial charge on any atom is 0.335 e. The Hall–Kier alpha value is -1.81. The van der Waals surface area contributed by atoms with Crippen LogP contribution in [0.1, 0.15) is 45.4 Å². The summed E-state index contributed by atoms with van der Waals surface area (Å²) in [5.74, 6) is -0.667. The van der Waals surface area contributed by atoms with Gasteiger partial charge >= 0.3 is 5.97 Å². The Balaban J connectivity index is 1.92. The summed E-state index contributed by atoms with van der Waals surface area (Å²) in [7, 11) is 0. The highest BCUT2D eigenvalue weighted by Crippen LogP contribution is 2.43. The lowest BCUT2D eigenvalue weighted by molar-refractivity contribution is -0.148. The van der Waals surface area contributed by atoms with Crippen LogP contribution in [0.15, 0.2) is 35.4 Å². The van der Waals surface area contributed by atoms with E-state index in [4.69, 9.17) is 16.3 Å². The Morgan fingerprint density at radius 2 is 1.83 bits per heavy atom. The molecule has 0 saturated heterocycles. The van der Waals surface area contributed by atoms with Gasteiger partial charge in [0.15, 0.2) is 0 Å². The first kappa shape index (κ1) is 16.1. The van der Waals surface area contributed by atoms with Crippen LogP contribution >= 0.6 is 11.6 Å². The third kappa shape index (κ3) is 3.00. The van der Waals surface area contributed by atoms with Crippen LogP contribution in [0.4, 0.5) is 5.69 Å². The average molecular weight is 334 g/mol. The van der Waals surface area contributed by atoms with E-state index in [1.165, 1.54) is 0 Å². The summed E-state index contributed by atoms with van der Waals surface area (Å²) in [4.78, 5) is 25.0. The molecule has 3 rings (SSSR count). The summed E-state index contributed by atoms with van der Waals surface area (Å²) in [6, 6.07) is 7.07. The lowest BCUT2D eigenvalue weighted by Crippen LogP contribution is -2.36. The molecule has 0 aromatic heterocycles. The van der Waals surface area contributed by atoms with E-state index in [-0.39, 0.29) is 11.9 Å². The van der Waals surface area contributed by atoms with Crippen molar-refractivity contribution in [3.05, 3.63) is 40.4 Å². The summed E-state index contributed by atoms with van der Waals surface area (Å²) >= 11 is 6.11. The molecule has 0 unspecified atom stereocenters. The number of hydrogen-bond donors (Lipinski definition) is 1. The molecule has 5 heteroatoms. The van der Waals surface area contributed by atoms with Crippen LogP contribution < -0.4 is 5.32 Å². The predicted octanol–water partition coefficient (Wildman–Crippen LogP) is 4.24. The third-order valence-electron chi connectivity index (χ3n) is 4.69. The number of para-hydroxylation sites is 1. The monoisotopic (exact) mass is 333 g/mol. The molecule has 23 heavy (non-hydrogen) atoms. The zero-order valence-corrected chi connectivity index (χ0v) is 13.9. The molecule has 2 aliphatic rings. The van der Waals surface area contributed by atoms with Gasteiger partial charge in [0.2, 0.25) is 0 Å². The molecule has 1 aliphatic heterocycles. The molecule has 4 nitrogen and oxygen atoms in total. The third-order valence-corrected chi connectivity index (χ3v) is 5.01. The van der Waals surface area contributed by atoms with Gasteiger partial charge in [0.05, 0.1) is 16.3 Å². The van der Waals surface area contributed by atoms with Crippen LogP contribution in [0.2, 0.25) is 5.02 Å². The number of hydrogen-bond acceptors (Lipinski definition) is 3. The molecule has 1 fully saturated rings. The van der Waals surface area contributed by atoms with E-state index >= 15 is 0 Å². The quantitative estimate of drug-likeness (QED) is 0.823. The van der Waals surface area contributed by atoms with Gasteiger partial charge in [-0.2, -0.15) is 0 Å². The maximum atomic E-state index is 12.8. The fourth-order valence-electron chi connectivity index (χ4n) is 3.53. The first-order valence-electron chi connectivity index (χ1n) is 8.04. The van der Waals surface area contributed by atoms with E-state index < -0.39 is 5.60 Å². The van der Waals surface area contributed by atoms with Crippen molar-refractivity contribution in [2.45, 2.75) is 51.0 Å². The number of benzene rings is 1. The molecule has 0 bridgehead atoms. The first-order chi connectivity index (χ1) is 11.0. The van der Waals surface area contributed by atoms with Crippen molar-refractivity contribution in [3.63, 3.8) is 0 Å². The molecule has 0 atom stereocenters. The molecule has 1 saturated carbocycles. The van der Waals surface area contributed by atoms with Crippen molar-refractivity contribution in [2.24, 2.45) is 0 Å². The number of esters is 1. The maximum absolute atomic E-state index is 12.8. The van der Waals surface area contributed by atoms with Gasteiger partial charge in [-0.1, -0.05) is 36.6 Å². The number of rotatable bonds is 2. The number of amides is 1. The topological polar surface area (TPSA) is 55.4 Å². The van der Waals surface area contributed by atoms with Crippen LogP contribution in [0.25, 0.3) is 0 Å². The first-order valence-corrected chi connectivity index (χ1v) is 8.42. The van der Waals surface area contributed by atoms with Crippen molar-refractivity contribution in [2.75, 3.05) is 5.32 Å².